The second-order valence-corrected chi connectivity index (χ2v) is 4.35. The Morgan fingerprint density at radius 3 is 2.70 bits per heavy atom. The van der Waals surface area contributed by atoms with Crippen LogP contribution in [0, 0.1) is 0 Å². The summed E-state index contributed by atoms with van der Waals surface area (Å²) in [6, 6.07) is 11.4. The Hall–Kier alpha value is -2.30. The third kappa shape index (κ3) is 3.38. The van der Waals surface area contributed by atoms with Crippen molar-refractivity contribution in [3.8, 4) is 5.88 Å². The number of benzene rings is 1. The molecule has 0 spiro atoms. The van der Waals surface area contributed by atoms with E-state index in [1.807, 2.05) is 37.3 Å². The van der Waals surface area contributed by atoms with E-state index in [0.29, 0.717) is 24.7 Å². The van der Waals surface area contributed by atoms with Crippen LogP contribution in [-0.4, -0.2) is 29.5 Å². The number of hydrogen-bond donors (Lipinski definition) is 0. The first-order valence-corrected chi connectivity index (χ1v) is 6.57. The highest BCUT2D eigenvalue weighted by Crippen LogP contribution is 2.15. The maximum atomic E-state index is 11.8. The first-order chi connectivity index (χ1) is 9.74. The maximum absolute atomic E-state index is 11.8. The lowest BCUT2D eigenvalue weighted by Gasteiger charge is -2.05. The van der Waals surface area contributed by atoms with Gasteiger partial charge >= 0.3 is 5.97 Å². The molecule has 0 saturated carbocycles. The van der Waals surface area contributed by atoms with Crippen LogP contribution in [0.15, 0.2) is 36.4 Å². The Bertz CT molecular complexity index is 564. The number of methoxy groups -OCH3 is 1. The molecule has 0 aliphatic carbocycles. The summed E-state index contributed by atoms with van der Waals surface area (Å²) in [4.78, 5) is 11.8. The second kappa shape index (κ2) is 6.75. The van der Waals surface area contributed by atoms with Crippen LogP contribution in [-0.2, 0) is 11.3 Å². The van der Waals surface area contributed by atoms with E-state index in [1.54, 1.807) is 10.7 Å². The molecule has 0 bridgehead atoms. The van der Waals surface area contributed by atoms with Gasteiger partial charge < -0.3 is 9.47 Å². The molecule has 5 heteroatoms. The zero-order chi connectivity index (χ0) is 14.4. The SMILES string of the molecule is CCCOc1cc(C(=O)OC)n(Cc2ccccc2)n1. The molecule has 5 nitrogen and oxygen atoms in total. The van der Waals surface area contributed by atoms with Gasteiger partial charge in [-0.2, -0.15) is 0 Å². The number of nitrogens with zero attached hydrogens (tertiary/aromatic N) is 2. The summed E-state index contributed by atoms with van der Waals surface area (Å²) in [7, 11) is 1.36. The van der Waals surface area contributed by atoms with Gasteiger partial charge in [-0.1, -0.05) is 37.3 Å². The zero-order valence-electron chi connectivity index (χ0n) is 11.7. The van der Waals surface area contributed by atoms with E-state index in [2.05, 4.69) is 5.10 Å². The Morgan fingerprint density at radius 1 is 1.30 bits per heavy atom. The highest BCUT2D eigenvalue weighted by molar-refractivity contribution is 5.87. The topological polar surface area (TPSA) is 53.4 Å². The molecule has 2 aromatic rings. The van der Waals surface area contributed by atoms with Crippen molar-refractivity contribution in [3.63, 3.8) is 0 Å². The van der Waals surface area contributed by atoms with Crippen LogP contribution >= 0.6 is 0 Å². The summed E-state index contributed by atoms with van der Waals surface area (Å²) in [6.45, 7) is 3.09. The van der Waals surface area contributed by atoms with Crippen molar-refractivity contribution in [1.82, 2.24) is 9.78 Å². The molecule has 2 rings (SSSR count). The molecule has 106 valence electrons. The van der Waals surface area contributed by atoms with Crippen LogP contribution in [0.5, 0.6) is 5.88 Å². The molecule has 1 heterocycles. The van der Waals surface area contributed by atoms with E-state index in [1.165, 1.54) is 7.11 Å². The molecule has 0 saturated heterocycles. The summed E-state index contributed by atoms with van der Waals surface area (Å²) >= 11 is 0. The van der Waals surface area contributed by atoms with Gasteiger partial charge in [-0.05, 0) is 12.0 Å². The monoisotopic (exact) mass is 274 g/mol. The van der Waals surface area contributed by atoms with Crippen molar-refractivity contribution in [2.75, 3.05) is 13.7 Å². The number of rotatable bonds is 6. The third-order valence-corrected chi connectivity index (χ3v) is 2.78. The minimum absolute atomic E-state index is 0.391. The van der Waals surface area contributed by atoms with Crippen LogP contribution in [0.4, 0.5) is 0 Å². The number of hydrogen-bond acceptors (Lipinski definition) is 4. The van der Waals surface area contributed by atoms with Crippen LogP contribution < -0.4 is 4.74 Å². The average Bonchev–Trinajstić information content (AvgIpc) is 2.88. The molecule has 0 aliphatic heterocycles. The van der Waals surface area contributed by atoms with E-state index >= 15 is 0 Å². The van der Waals surface area contributed by atoms with Crippen LogP contribution in [0.25, 0.3) is 0 Å². The van der Waals surface area contributed by atoms with Crippen molar-refractivity contribution in [2.24, 2.45) is 0 Å². The molecule has 0 fully saturated rings. The summed E-state index contributed by atoms with van der Waals surface area (Å²) in [5.41, 5.74) is 1.45. The van der Waals surface area contributed by atoms with Crippen molar-refractivity contribution in [1.29, 1.82) is 0 Å². The van der Waals surface area contributed by atoms with Gasteiger partial charge in [0, 0.05) is 6.07 Å². The number of carbonyl (C=O) groups excluding carboxylic acids is 1. The van der Waals surface area contributed by atoms with E-state index in [4.69, 9.17) is 9.47 Å². The number of aromatic nitrogens is 2. The third-order valence-electron chi connectivity index (χ3n) is 2.78. The molecule has 0 aliphatic rings. The van der Waals surface area contributed by atoms with Gasteiger partial charge in [0.05, 0.1) is 20.3 Å². The molecule has 0 radical (unpaired) electrons. The lowest BCUT2D eigenvalue weighted by atomic mass is 10.2. The molecule has 20 heavy (non-hydrogen) atoms. The van der Waals surface area contributed by atoms with E-state index in [0.717, 1.165) is 12.0 Å². The Morgan fingerprint density at radius 2 is 2.05 bits per heavy atom. The standard InChI is InChI=1S/C15H18N2O3/c1-3-9-20-14-10-13(15(18)19-2)17(16-14)11-12-7-5-4-6-8-12/h4-8,10H,3,9,11H2,1-2H3. The number of esters is 1. The fourth-order valence-electron chi connectivity index (χ4n) is 1.82. The van der Waals surface area contributed by atoms with E-state index < -0.39 is 5.97 Å². The second-order valence-electron chi connectivity index (χ2n) is 4.35. The quantitative estimate of drug-likeness (QED) is 0.759. The highest BCUT2D eigenvalue weighted by Gasteiger charge is 2.16. The van der Waals surface area contributed by atoms with Crippen LogP contribution in [0.2, 0.25) is 0 Å². The van der Waals surface area contributed by atoms with Crippen molar-refractivity contribution in [3.05, 3.63) is 47.7 Å². The molecule has 1 aromatic carbocycles. The first-order valence-electron chi connectivity index (χ1n) is 6.57. The Labute approximate surface area is 118 Å². The highest BCUT2D eigenvalue weighted by atomic mass is 16.5. The summed E-state index contributed by atoms with van der Waals surface area (Å²) in [5, 5.41) is 4.31. The van der Waals surface area contributed by atoms with Gasteiger partial charge in [0.1, 0.15) is 0 Å². The molecule has 0 amide bonds. The van der Waals surface area contributed by atoms with Gasteiger partial charge in [-0.3, -0.25) is 0 Å². The predicted octanol–water partition coefficient (Wildman–Crippen LogP) is 2.51. The lowest BCUT2D eigenvalue weighted by Crippen LogP contribution is -2.12. The minimum Gasteiger partial charge on any atom is -0.477 e. The normalized spacial score (nSPS) is 10.3. The van der Waals surface area contributed by atoms with Gasteiger partial charge in [-0.15, -0.1) is 5.10 Å². The van der Waals surface area contributed by atoms with Crippen molar-refractivity contribution < 1.29 is 14.3 Å². The average molecular weight is 274 g/mol. The smallest absolute Gasteiger partial charge is 0.356 e. The molecule has 1 aromatic heterocycles. The Kier molecular flexibility index (Phi) is 4.76. The fourth-order valence-corrected chi connectivity index (χ4v) is 1.82. The van der Waals surface area contributed by atoms with Crippen molar-refractivity contribution in [2.45, 2.75) is 19.9 Å². The Balaban J connectivity index is 2.24. The van der Waals surface area contributed by atoms with Gasteiger partial charge in [0.15, 0.2) is 5.69 Å². The van der Waals surface area contributed by atoms with Crippen LogP contribution in [0.1, 0.15) is 29.4 Å². The molecular formula is C15H18N2O3. The largest absolute Gasteiger partial charge is 0.477 e. The van der Waals surface area contributed by atoms with E-state index in [9.17, 15) is 4.79 Å². The summed E-state index contributed by atoms with van der Waals surface area (Å²) in [6.07, 6.45) is 0.888. The number of carbonyl (C=O) groups is 1. The van der Waals surface area contributed by atoms with E-state index in [-0.39, 0.29) is 0 Å². The minimum atomic E-state index is -0.417. The van der Waals surface area contributed by atoms with Gasteiger partial charge in [0.25, 0.3) is 0 Å². The lowest BCUT2D eigenvalue weighted by molar-refractivity contribution is 0.0587. The molecule has 0 unspecified atom stereocenters. The van der Waals surface area contributed by atoms with Gasteiger partial charge in [-0.25, -0.2) is 9.48 Å². The van der Waals surface area contributed by atoms with Crippen molar-refractivity contribution >= 4 is 5.97 Å². The molecular weight excluding hydrogens is 256 g/mol. The fraction of sp³-hybridized carbons (Fsp3) is 0.333. The summed E-state index contributed by atoms with van der Waals surface area (Å²) in [5.74, 6) is 0.0305. The number of ether oxygens (including phenoxy) is 2. The molecule has 0 atom stereocenters. The predicted molar refractivity (Wildman–Crippen MR) is 74.9 cm³/mol. The maximum Gasteiger partial charge on any atom is 0.356 e. The zero-order valence-corrected chi connectivity index (χ0v) is 11.7. The van der Waals surface area contributed by atoms with Gasteiger partial charge in [0.2, 0.25) is 5.88 Å². The first kappa shape index (κ1) is 14.1. The van der Waals surface area contributed by atoms with Crippen LogP contribution in [0.3, 0.4) is 0 Å². The summed E-state index contributed by atoms with van der Waals surface area (Å²) < 4.78 is 11.8. The molecule has 0 N–H and O–H groups in total.